The zero-order chi connectivity index (χ0) is 14.9. The Kier molecular flexibility index (Phi) is 3.92. The molecule has 2 aromatic carbocycles. The fourth-order valence-corrected chi connectivity index (χ4v) is 3.34. The Hall–Kier alpha value is -1.72. The molecule has 0 heterocycles. The fourth-order valence-electron chi connectivity index (χ4n) is 2.01. The van der Waals surface area contributed by atoms with Crippen molar-refractivity contribution in [2.75, 3.05) is 10.5 Å². The smallest absolute Gasteiger partial charge is 0.263 e. The standard InChI is InChI=1S/C14H15ClN2O2S/c1-9-5-10(2)7-12(6-9)17-20(18,19)14-4-3-11(15)8-13(14)16/h3-8,17H,16H2,1-2H3. The number of hydrogen-bond donors (Lipinski definition) is 2. The zero-order valence-corrected chi connectivity index (χ0v) is 12.7. The summed E-state index contributed by atoms with van der Waals surface area (Å²) in [6.45, 7) is 3.81. The monoisotopic (exact) mass is 310 g/mol. The Morgan fingerprint density at radius 1 is 1.05 bits per heavy atom. The topological polar surface area (TPSA) is 72.2 Å². The summed E-state index contributed by atoms with van der Waals surface area (Å²) in [5.74, 6) is 0. The van der Waals surface area contributed by atoms with Gasteiger partial charge in [0.2, 0.25) is 0 Å². The van der Waals surface area contributed by atoms with Gasteiger partial charge in [0.15, 0.2) is 0 Å². The van der Waals surface area contributed by atoms with Gasteiger partial charge < -0.3 is 5.73 Å². The summed E-state index contributed by atoms with van der Waals surface area (Å²) in [5, 5.41) is 0.396. The first-order chi connectivity index (χ1) is 9.28. The number of nitrogens with two attached hydrogens (primary N) is 1. The van der Waals surface area contributed by atoms with Crippen molar-refractivity contribution in [3.8, 4) is 0 Å². The molecule has 20 heavy (non-hydrogen) atoms. The molecular formula is C14H15ClN2O2S. The first-order valence-corrected chi connectivity index (χ1v) is 7.80. The van der Waals surface area contributed by atoms with E-state index in [4.69, 9.17) is 17.3 Å². The maximum atomic E-state index is 12.3. The molecule has 3 N–H and O–H groups in total. The molecule has 2 aromatic rings. The van der Waals surface area contributed by atoms with E-state index in [-0.39, 0.29) is 10.6 Å². The lowest BCUT2D eigenvalue weighted by Gasteiger charge is -2.11. The van der Waals surface area contributed by atoms with Crippen molar-refractivity contribution in [1.29, 1.82) is 0 Å². The van der Waals surface area contributed by atoms with E-state index in [1.807, 2.05) is 19.9 Å². The van der Waals surface area contributed by atoms with Crippen LogP contribution < -0.4 is 10.5 Å². The van der Waals surface area contributed by atoms with Gasteiger partial charge >= 0.3 is 0 Å². The molecule has 0 saturated heterocycles. The Labute approximate surface area is 123 Å². The minimum absolute atomic E-state index is 0.0149. The Morgan fingerprint density at radius 2 is 1.65 bits per heavy atom. The minimum Gasteiger partial charge on any atom is -0.398 e. The minimum atomic E-state index is -3.73. The molecule has 106 valence electrons. The van der Waals surface area contributed by atoms with E-state index in [1.54, 1.807) is 12.1 Å². The quantitative estimate of drug-likeness (QED) is 0.854. The largest absolute Gasteiger partial charge is 0.398 e. The van der Waals surface area contributed by atoms with Gasteiger partial charge in [-0.1, -0.05) is 17.7 Å². The van der Waals surface area contributed by atoms with Crippen LogP contribution in [0.1, 0.15) is 11.1 Å². The molecule has 0 radical (unpaired) electrons. The third-order valence-electron chi connectivity index (χ3n) is 2.74. The molecule has 6 heteroatoms. The second kappa shape index (κ2) is 5.34. The van der Waals surface area contributed by atoms with Crippen LogP contribution >= 0.6 is 11.6 Å². The Morgan fingerprint density at radius 3 is 2.20 bits per heavy atom. The summed E-state index contributed by atoms with van der Waals surface area (Å²) in [7, 11) is -3.73. The summed E-state index contributed by atoms with van der Waals surface area (Å²) in [6, 6.07) is 9.79. The maximum Gasteiger partial charge on any atom is 0.263 e. The van der Waals surface area contributed by atoms with E-state index < -0.39 is 10.0 Å². The molecule has 0 aliphatic rings. The number of aryl methyl sites for hydroxylation is 2. The van der Waals surface area contributed by atoms with Gasteiger partial charge in [0, 0.05) is 10.7 Å². The van der Waals surface area contributed by atoms with Crippen molar-refractivity contribution < 1.29 is 8.42 Å². The number of anilines is 2. The summed E-state index contributed by atoms with van der Waals surface area (Å²) >= 11 is 5.77. The van der Waals surface area contributed by atoms with E-state index in [1.165, 1.54) is 18.2 Å². The molecule has 0 saturated carbocycles. The van der Waals surface area contributed by atoms with Gasteiger partial charge in [-0.15, -0.1) is 0 Å². The van der Waals surface area contributed by atoms with Crippen LogP contribution in [-0.4, -0.2) is 8.42 Å². The van der Waals surface area contributed by atoms with Crippen molar-refractivity contribution in [2.45, 2.75) is 18.7 Å². The van der Waals surface area contributed by atoms with Gasteiger partial charge in [0.05, 0.1) is 5.69 Å². The van der Waals surface area contributed by atoms with E-state index in [0.29, 0.717) is 10.7 Å². The number of benzene rings is 2. The lowest BCUT2D eigenvalue weighted by Crippen LogP contribution is -2.15. The highest BCUT2D eigenvalue weighted by Crippen LogP contribution is 2.25. The van der Waals surface area contributed by atoms with Crippen LogP contribution in [0.25, 0.3) is 0 Å². The molecular weight excluding hydrogens is 296 g/mol. The van der Waals surface area contributed by atoms with Crippen LogP contribution in [0.4, 0.5) is 11.4 Å². The summed E-state index contributed by atoms with van der Waals surface area (Å²) in [5.41, 5.74) is 8.31. The first kappa shape index (κ1) is 14.7. The second-order valence-electron chi connectivity index (χ2n) is 4.66. The molecule has 0 amide bonds. The normalized spacial score (nSPS) is 11.3. The SMILES string of the molecule is Cc1cc(C)cc(NS(=O)(=O)c2ccc(Cl)cc2N)c1. The van der Waals surface area contributed by atoms with Gasteiger partial charge in [0.25, 0.3) is 10.0 Å². The number of halogens is 1. The van der Waals surface area contributed by atoms with Gasteiger partial charge in [0.1, 0.15) is 4.90 Å². The molecule has 0 fully saturated rings. The predicted molar refractivity (Wildman–Crippen MR) is 82.6 cm³/mol. The second-order valence-corrected chi connectivity index (χ2v) is 6.75. The third kappa shape index (κ3) is 3.23. The van der Waals surface area contributed by atoms with E-state index in [9.17, 15) is 8.42 Å². The molecule has 4 nitrogen and oxygen atoms in total. The van der Waals surface area contributed by atoms with Crippen molar-refractivity contribution >= 4 is 33.0 Å². The highest BCUT2D eigenvalue weighted by molar-refractivity contribution is 7.92. The van der Waals surface area contributed by atoms with Crippen molar-refractivity contribution in [2.24, 2.45) is 0 Å². The first-order valence-electron chi connectivity index (χ1n) is 5.94. The van der Waals surface area contributed by atoms with Gasteiger partial charge in [-0.3, -0.25) is 4.72 Å². The molecule has 0 aromatic heterocycles. The number of rotatable bonds is 3. The van der Waals surface area contributed by atoms with Crippen molar-refractivity contribution in [1.82, 2.24) is 0 Å². The van der Waals surface area contributed by atoms with Crippen molar-refractivity contribution in [3.63, 3.8) is 0 Å². The Balaban J connectivity index is 2.40. The number of nitrogen functional groups attached to an aromatic ring is 1. The van der Waals surface area contributed by atoms with Crippen LogP contribution in [-0.2, 0) is 10.0 Å². The highest BCUT2D eigenvalue weighted by atomic mass is 35.5. The predicted octanol–water partition coefficient (Wildman–Crippen LogP) is 3.34. The Bertz CT molecular complexity index is 738. The van der Waals surface area contributed by atoms with Gasteiger partial charge in [-0.2, -0.15) is 0 Å². The van der Waals surface area contributed by atoms with E-state index >= 15 is 0 Å². The van der Waals surface area contributed by atoms with E-state index in [2.05, 4.69) is 4.72 Å². The molecule has 0 atom stereocenters. The average Bonchev–Trinajstić information content (AvgIpc) is 2.25. The highest BCUT2D eigenvalue weighted by Gasteiger charge is 2.17. The molecule has 0 aliphatic carbocycles. The summed E-state index contributed by atoms with van der Waals surface area (Å²) < 4.78 is 27.2. The van der Waals surface area contributed by atoms with Crippen LogP contribution in [0, 0.1) is 13.8 Å². The van der Waals surface area contributed by atoms with Crippen LogP contribution in [0.15, 0.2) is 41.3 Å². The molecule has 0 unspecified atom stereocenters. The molecule has 0 spiro atoms. The molecule has 2 rings (SSSR count). The number of hydrogen-bond acceptors (Lipinski definition) is 3. The zero-order valence-electron chi connectivity index (χ0n) is 11.1. The van der Waals surface area contributed by atoms with E-state index in [0.717, 1.165) is 11.1 Å². The number of sulfonamides is 1. The number of nitrogens with one attached hydrogen (secondary N) is 1. The van der Waals surface area contributed by atoms with Gasteiger partial charge in [-0.05, 0) is 55.3 Å². The molecule has 0 aliphatic heterocycles. The van der Waals surface area contributed by atoms with Crippen LogP contribution in [0.3, 0.4) is 0 Å². The van der Waals surface area contributed by atoms with Crippen LogP contribution in [0.2, 0.25) is 5.02 Å². The van der Waals surface area contributed by atoms with Crippen LogP contribution in [0.5, 0.6) is 0 Å². The van der Waals surface area contributed by atoms with Gasteiger partial charge in [-0.25, -0.2) is 8.42 Å². The summed E-state index contributed by atoms with van der Waals surface area (Å²) in [6.07, 6.45) is 0. The summed E-state index contributed by atoms with van der Waals surface area (Å²) in [4.78, 5) is 0.0149. The third-order valence-corrected chi connectivity index (χ3v) is 4.43. The lowest BCUT2D eigenvalue weighted by molar-refractivity contribution is 0.601. The average molecular weight is 311 g/mol. The maximum absolute atomic E-state index is 12.3. The molecule has 0 bridgehead atoms. The lowest BCUT2D eigenvalue weighted by atomic mass is 10.1. The van der Waals surface area contributed by atoms with Crippen molar-refractivity contribution in [3.05, 3.63) is 52.5 Å². The fraction of sp³-hybridized carbons (Fsp3) is 0.143.